The van der Waals surface area contributed by atoms with Gasteiger partial charge < -0.3 is 19.0 Å². The number of ether oxygens (including phenoxy) is 3. The van der Waals surface area contributed by atoms with Crippen molar-refractivity contribution in [2.45, 2.75) is 27.2 Å². The van der Waals surface area contributed by atoms with Gasteiger partial charge >= 0.3 is 0 Å². The van der Waals surface area contributed by atoms with E-state index in [9.17, 15) is 4.39 Å². The Kier molecular flexibility index (Phi) is 9.02. The average Bonchev–Trinajstić information content (AvgIpc) is 2.70. The van der Waals surface area contributed by atoms with Gasteiger partial charge in [0.25, 0.3) is 5.97 Å². The minimum Gasteiger partial charge on any atom is -0.493 e. The second kappa shape index (κ2) is 11.7. The van der Waals surface area contributed by atoms with Crippen molar-refractivity contribution in [1.29, 1.82) is 0 Å². The van der Waals surface area contributed by atoms with E-state index < -0.39 is 5.97 Å². The molecular weight excluding hydrogens is 373 g/mol. The maximum atomic E-state index is 13.5. The summed E-state index contributed by atoms with van der Waals surface area (Å²) in [6.07, 6.45) is 4.65. The van der Waals surface area contributed by atoms with E-state index in [0.717, 1.165) is 29.0 Å². The molecule has 0 N–H and O–H groups in total. The second-order valence-corrected chi connectivity index (χ2v) is 6.41. The largest absolute Gasteiger partial charge is 0.493 e. The Morgan fingerprint density at radius 1 is 0.966 bits per heavy atom. The molecule has 0 amide bonds. The van der Waals surface area contributed by atoms with Gasteiger partial charge in [-0.2, -0.15) is 4.39 Å². The van der Waals surface area contributed by atoms with E-state index in [2.05, 4.69) is 9.99 Å². The van der Waals surface area contributed by atoms with Crippen LogP contribution in [0, 0.1) is 13.8 Å². The number of benzene rings is 2. The number of hydrogen-bond acceptors (Lipinski definition) is 5. The Bertz CT molecular complexity index is 808. The van der Waals surface area contributed by atoms with E-state index >= 15 is 0 Å². The Labute approximate surface area is 171 Å². The molecule has 5 nitrogen and oxygen atoms in total. The van der Waals surface area contributed by atoms with Gasteiger partial charge in [-0.3, -0.25) is 0 Å². The third-order valence-corrected chi connectivity index (χ3v) is 4.08. The van der Waals surface area contributed by atoms with Crippen molar-refractivity contribution in [3.8, 4) is 17.2 Å². The van der Waals surface area contributed by atoms with Crippen LogP contribution in [0.4, 0.5) is 4.39 Å². The fraction of sp³-hybridized carbons (Fsp3) is 0.348. The van der Waals surface area contributed by atoms with Gasteiger partial charge in [-0.1, -0.05) is 17.3 Å². The summed E-state index contributed by atoms with van der Waals surface area (Å²) in [6, 6.07) is 10.5. The standard InChI is InChI=1S/C23H28FNO4/c1-5-6-12-28-21-15-17(2)22(18(3)16-21)29-14-7-13-27-20-10-8-19(9-11-20)23(24)25-26-4/h5-6,8-11,15-16H,7,12-14H2,1-4H3/b6-5+,25-23-. The number of nitrogens with zero attached hydrogens (tertiary/aromatic N) is 1. The summed E-state index contributed by atoms with van der Waals surface area (Å²) in [7, 11) is 1.30. The molecule has 0 saturated carbocycles. The van der Waals surface area contributed by atoms with Crippen LogP contribution in [0.25, 0.3) is 0 Å². The number of allylic oxidation sites excluding steroid dienone is 1. The average molecular weight is 401 g/mol. The Morgan fingerprint density at radius 3 is 2.24 bits per heavy atom. The van der Waals surface area contributed by atoms with Crippen molar-refractivity contribution >= 4 is 5.97 Å². The molecule has 0 aromatic heterocycles. The minimum absolute atomic E-state index is 0.339. The third-order valence-electron chi connectivity index (χ3n) is 4.08. The quantitative estimate of drug-likeness (QED) is 0.219. The summed E-state index contributed by atoms with van der Waals surface area (Å²) < 4.78 is 30.8. The molecule has 0 aliphatic carbocycles. The predicted molar refractivity (Wildman–Crippen MR) is 113 cm³/mol. The molecule has 0 spiro atoms. The summed E-state index contributed by atoms with van der Waals surface area (Å²) in [5, 5.41) is 3.26. The van der Waals surface area contributed by atoms with Crippen LogP contribution in [0.1, 0.15) is 30.0 Å². The summed E-state index contributed by atoms with van der Waals surface area (Å²) in [6.45, 7) is 7.57. The molecule has 2 rings (SSSR count). The smallest absolute Gasteiger partial charge is 0.257 e. The first-order valence-corrected chi connectivity index (χ1v) is 9.53. The number of halogens is 1. The van der Waals surface area contributed by atoms with Crippen molar-refractivity contribution in [2.75, 3.05) is 26.9 Å². The molecule has 0 aliphatic heterocycles. The molecule has 0 bridgehead atoms. The van der Waals surface area contributed by atoms with Crippen molar-refractivity contribution in [2.24, 2.45) is 5.16 Å². The molecular formula is C23H28FNO4. The van der Waals surface area contributed by atoms with E-state index in [-0.39, 0.29) is 0 Å². The van der Waals surface area contributed by atoms with Gasteiger partial charge in [-0.05, 0) is 68.3 Å². The van der Waals surface area contributed by atoms with Gasteiger partial charge in [0.1, 0.15) is 31.0 Å². The van der Waals surface area contributed by atoms with E-state index in [0.29, 0.717) is 31.1 Å². The minimum atomic E-state index is -0.670. The molecule has 0 fully saturated rings. The van der Waals surface area contributed by atoms with Gasteiger partial charge in [0.15, 0.2) is 0 Å². The highest BCUT2D eigenvalue weighted by atomic mass is 19.1. The molecule has 2 aromatic rings. The molecule has 6 heteroatoms. The Morgan fingerprint density at radius 2 is 1.62 bits per heavy atom. The first-order chi connectivity index (χ1) is 14.0. The first kappa shape index (κ1) is 22.3. The Hall–Kier alpha value is -3.02. The monoisotopic (exact) mass is 401 g/mol. The molecule has 2 aromatic carbocycles. The van der Waals surface area contributed by atoms with Crippen molar-refractivity contribution in [1.82, 2.24) is 0 Å². The highest BCUT2D eigenvalue weighted by Crippen LogP contribution is 2.28. The zero-order chi connectivity index (χ0) is 21.1. The van der Waals surface area contributed by atoms with Crippen molar-refractivity contribution in [3.05, 3.63) is 65.2 Å². The lowest BCUT2D eigenvalue weighted by molar-refractivity contribution is 0.209. The zero-order valence-electron chi connectivity index (χ0n) is 17.4. The van der Waals surface area contributed by atoms with Crippen LogP contribution in [0.3, 0.4) is 0 Å². The SMILES string of the molecule is C/C=C/COc1cc(C)c(OCCCOc2ccc(/C(F)=N/OC)cc2)c(C)c1. The van der Waals surface area contributed by atoms with E-state index in [1.54, 1.807) is 24.3 Å². The van der Waals surface area contributed by atoms with Crippen molar-refractivity contribution < 1.29 is 23.4 Å². The summed E-state index contributed by atoms with van der Waals surface area (Å²) in [4.78, 5) is 4.42. The molecule has 0 unspecified atom stereocenters. The van der Waals surface area contributed by atoms with E-state index in [1.807, 2.05) is 45.1 Å². The number of hydrogen-bond donors (Lipinski definition) is 0. The molecule has 0 saturated heterocycles. The van der Waals surface area contributed by atoms with Gasteiger partial charge in [0.05, 0.1) is 13.2 Å². The van der Waals surface area contributed by atoms with E-state index in [1.165, 1.54) is 7.11 Å². The molecule has 0 heterocycles. The summed E-state index contributed by atoms with van der Waals surface area (Å²) in [5.41, 5.74) is 2.42. The first-order valence-electron chi connectivity index (χ1n) is 9.53. The van der Waals surface area contributed by atoms with Crippen LogP contribution >= 0.6 is 0 Å². The normalized spacial score (nSPS) is 11.6. The van der Waals surface area contributed by atoms with Crippen molar-refractivity contribution in [3.63, 3.8) is 0 Å². The molecule has 0 atom stereocenters. The maximum Gasteiger partial charge on any atom is 0.257 e. The fourth-order valence-corrected chi connectivity index (χ4v) is 2.71. The summed E-state index contributed by atoms with van der Waals surface area (Å²) >= 11 is 0. The highest BCUT2D eigenvalue weighted by Gasteiger charge is 2.08. The van der Waals surface area contributed by atoms with Gasteiger partial charge in [0, 0.05) is 12.0 Å². The fourth-order valence-electron chi connectivity index (χ4n) is 2.71. The lowest BCUT2D eigenvalue weighted by Crippen LogP contribution is -2.07. The molecule has 156 valence electrons. The van der Waals surface area contributed by atoms with Crippen LogP contribution < -0.4 is 14.2 Å². The highest BCUT2D eigenvalue weighted by molar-refractivity contribution is 5.92. The molecule has 0 radical (unpaired) electrons. The lowest BCUT2D eigenvalue weighted by Gasteiger charge is -2.14. The van der Waals surface area contributed by atoms with Crippen LogP contribution in [0.2, 0.25) is 0 Å². The summed E-state index contributed by atoms with van der Waals surface area (Å²) in [5.74, 6) is 1.70. The van der Waals surface area contributed by atoms with Gasteiger partial charge in [-0.25, -0.2) is 0 Å². The van der Waals surface area contributed by atoms with Crippen LogP contribution in [0.15, 0.2) is 53.7 Å². The second-order valence-electron chi connectivity index (χ2n) is 6.41. The van der Waals surface area contributed by atoms with Gasteiger partial charge in [-0.15, -0.1) is 0 Å². The number of oxime groups is 1. The Balaban J connectivity index is 1.78. The number of aryl methyl sites for hydroxylation is 2. The number of rotatable bonds is 11. The van der Waals surface area contributed by atoms with E-state index in [4.69, 9.17) is 14.2 Å². The zero-order valence-corrected chi connectivity index (χ0v) is 17.4. The maximum absolute atomic E-state index is 13.5. The predicted octanol–water partition coefficient (Wildman–Crippen LogP) is 5.38. The lowest BCUT2D eigenvalue weighted by atomic mass is 10.1. The molecule has 29 heavy (non-hydrogen) atoms. The third kappa shape index (κ3) is 7.14. The topological polar surface area (TPSA) is 49.3 Å². The van der Waals surface area contributed by atoms with Gasteiger partial charge in [0.2, 0.25) is 0 Å². The molecule has 0 aliphatic rings. The van der Waals surface area contributed by atoms with Crippen LogP contribution in [0.5, 0.6) is 17.2 Å². The van der Waals surface area contributed by atoms with Crippen LogP contribution in [-0.2, 0) is 4.84 Å². The van der Waals surface area contributed by atoms with Crippen LogP contribution in [-0.4, -0.2) is 32.9 Å².